The van der Waals surface area contributed by atoms with Gasteiger partial charge in [0.1, 0.15) is 0 Å². The molecule has 1 aliphatic rings. The van der Waals surface area contributed by atoms with Crippen molar-refractivity contribution in [3.63, 3.8) is 0 Å². The van der Waals surface area contributed by atoms with Crippen LogP contribution in [0.4, 0.5) is 5.69 Å². The molecule has 0 aliphatic carbocycles. The lowest BCUT2D eigenvalue weighted by Crippen LogP contribution is -2.34. The van der Waals surface area contributed by atoms with Gasteiger partial charge in [0, 0.05) is 18.3 Å². The Morgan fingerprint density at radius 3 is 2.54 bits per heavy atom. The summed E-state index contributed by atoms with van der Waals surface area (Å²) in [6, 6.07) is 12.5. The lowest BCUT2D eigenvalue weighted by Gasteiger charge is -2.17. The number of likely N-dealkylation sites (N-methyl/N-ethyl adjacent to an activating group) is 1. The van der Waals surface area contributed by atoms with E-state index in [2.05, 4.69) is 5.32 Å². The molecule has 0 radical (unpaired) electrons. The maximum absolute atomic E-state index is 12.4. The number of ether oxygens (including phenoxy) is 2. The van der Waals surface area contributed by atoms with Gasteiger partial charge < -0.3 is 19.7 Å². The number of anilines is 1. The summed E-state index contributed by atoms with van der Waals surface area (Å²) in [6.45, 7) is 2.09. The van der Waals surface area contributed by atoms with Gasteiger partial charge in [-0.1, -0.05) is 17.7 Å². The molecule has 3 rings (SSSR count). The van der Waals surface area contributed by atoms with Crippen molar-refractivity contribution < 1.29 is 19.1 Å². The largest absolute Gasteiger partial charge is 0.454 e. The minimum absolute atomic E-state index is 0.0405. The minimum atomic E-state index is -0.257. The lowest BCUT2D eigenvalue weighted by molar-refractivity contribution is -0.116. The molecule has 1 heterocycles. The molecule has 2 aromatic carbocycles. The summed E-state index contributed by atoms with van der Waals surface area (Å²) in [5.74, 6) is 0.646. The second-order valence-electron chi connectivity index (χ2n) is 5.64. The van der Waals surface area contributed by atoms with Crippen LogP contribution in [0.3, 0.4) is 0 Å². The Labute approximate surface area is 140 Å². The first-order chi connectivity index (χ1) is 11.5. The van der Waals surface area contributed by atoms with E-state index in [1.165, 1.54) is 4.90 Å². The van der Waals surface area contributed by atoms with E-state index < -0.39 is 0 Å². The van der Waals surface area contributed by atoms with E-state index in [1.807, 2.05) is 31.2 Å². The first kappa shape index (κ1) is 15.9. The predicted octanol–water partition coefficient (Wildman–Crippen LogP) is 2.43. The van der Waals surface area contributed by atoms with Crippen molar-refractivity contribution in [3.8, 4) is 11.5 Å². The summed E-state index contributed by atoms with van der Waals surface area (Å²) in [4.78, 5) is 25.9. The lowest BCUT2D eigenvalue weighted by atomic mass is 10.2. The van der Waals surface area contributed by atoms with Crippen LogP contribution >= 0.6 is 0 Å². The van der Waals surface area contributed by atoms with Gasteiger partial charge in [-0.3, -0.25) is 9.59 Å². The molecule has 1 aliphatic heterocycles. The predicted molar refractivity (Wildman–Crippen MR) is 89.3 cm³/mol. The number of carbonyl (C=O) groups is 2. The molecular formula is C18H18N2O4. The normalized spacial score (nSPS) is 11.9. The summed E-state index contributed by atoms with van der Waals surface area (Å²) in [5, 5.41) is 2.77. The fourth-order valence-electron chi connectivity index (χ4n) is 2.37. The maximum Gasteiger partial charge on any atom is 0.254 e. The summed E-state index contributed by atoms with van der Waals surface area (Å²) in [6.07, 6.45) is 0. The van der Waals surface area contributed by atoms with Crippen molar-refractivity contribution >= 4 is 17.5 Å². The molecule has 124 valence electrons. The number of nitrogens with zero attached hydrogens (tertiary/aromatic N) is 1. The van der Waals surface area contributed by atoms with Crippen molar-refractivity contribution in [1.82, 2.24) is 4.90 Å². The number of fused-ring (bicyclic) bond motifs is 1. The molecule has 6 heteroatoms. The Hall–Kier alpha value is -3.02. The van der Waals surface area contributed by atoms with Crippen molar-refractivity contribution in [2.24, 2.45) is 0 Å². The third-order valence-electron chi connectivity index (χ3n) is 3.68. The highest BCUT2D eigenvalue weighted by Gasteiger charge is 2.19. The second kappa shape index (κ2) is 6.62. The standard InChI is InChI=1S/C18H18N2O4/c1-12-3-6-14(7-4-12)19-17(21)10-20(2)18(22)13-5-8-15-16(9-13)24-11-23-15/h3-9H,10-11H2,1-2H3,(H,19,21). The Morgan fingerprint density at radius 1 is 1.08 bits per heavy atom. The first-order valence-corrected chi connectivity index (χ1v) is 7.54. The number of hydrogen-bond acceptors (Lipinski definition) is 4. The van der Waals surface area contributed by atoms with Gasteiger partial charge in [0.25, 0.3) is 5.91 Å². The molecule has 6 nitrogen and oxygen atoms in total. The number of benzene rings is 2. The molecule has 0 unspecified atom stereocenters. The monoisotopic (exact) mass is 326 g/mol. The summed E-state index contributed by atoms with van der Waals surface area (Å²) in [7, 11) is 1.58. The molecule has 1 N–H and O–H groups in total. The van der Waals surface area contributed by atoms with E-state index in [1.54, 1.807) is 25.2 Å². The van der Waals surface area contributed by atoms with Crippen LogP contribution in [0.5, 0.6) is 11.5 Å². The van der Waals surface area contributed by atoms with Crippen LogP contribution in [0, 0.1) is 6.92 Å². The third-order valence-corrected chi connectivity index (χ3v) is 3.68. The van der Waals surface area contributed by atoms with Crippen LogP contribution in [0.15, 0.2) is 42.5 Å². The van der Waals surface area contributed by atoms with Crippen LogP contribution in [0.2, 0.25) is 0 Å². The van der Waals surface area contributed by atoms with E-state index in [0.29, 0.717) is 22.7 Å². The SMILES string of the molecule is Cc1ccc(NC(=O)CN(C)C(=O)c2ccc3c(c2)OCO3)cc1. The van der Waals surface area contributed by atoms with Gasteiger partial charge in [-0.05, 0) is 37.3 Å². The number of hydrogen-bond donors (Lipinski definition) is 1. The van der Waals surface area contributed by atoms with Crippen LogP contribution in [0.25, 0.3) is 0 Å². The average molecular weight is 326 g/mol. The van der Waals surface area contributed by atoms with E-state index in [4.69, 9.17) is 9.47 Å². The zero-order valence-corrected chi connectivity index (χ0v) is 13.5. The zero-order valence-electron chi connectivity index (χ0n) is 13.5. The van der Waals surface area contributed by atoms with Gasteiger partial charge in [-0.15, -0.1) is 0 Å². The number of aryl methyl sites for hydroxylation is 1. The van der Waals surface area contributed by atoms with Gasteiger partial charge >= 0.3 is 0 Å². The van der Waals surface area contributed by atoms with Crippen molar-refractivity contribution in [2.45, 2.75) is 6.92 Å². The molecule has 0 spiro atoms. The second-order valence-corrected chi connectivity index (χ2v) is 5.64. The van der Waals surface area contributed by atoms with Crippen LogP contribution in [0.1, 0.15) is 15.9 Å². The van der Waals surface area contributed by atoms with Gasteiger partial charge in [0.05, 0.1) is 6.54 Å². The highest BCUT2D eigenvalue weighted by Crippen LogP contribution is 2.32. The van der Waals surface area contributed by atoms with Crippen LogP contribution < -0.4 is 14.8 Å². The van der Waals surface area contributed by atoms with Crippen molar-refractivity contribution in [3.05, 3.63) is 53.6 Å². The Balaban J connectivity index is 1.61. The summed E-state index contributed by atoms with van der Waals surface area (Å²) < 4.78 is 10.5. The molecule has 2 amide bonds. The summed E-state index contributed by atoms with van der Waals surface area (Å²) >= 11 is 0. The van der Waals surface area contributed by atoms with Crippen LogP contribution in [-0.2, 0) is 4.79 Å². The van der Waals surface area contributed by atoms with E-state index in [-0.39, 0.29) is 25.2 Å². The van der Waals surface area contributed by atoms with E-state index in [9.17, 15) is 9.59 Å². The van der Waals surface area contributed by atoms with Gasteiger partial charge in [-0.25, -0.2) is 0 Å². The summed E-state index contributed by atoms with van der Waals surface area (Å²) in [5.41, 5.74) is 2.27. The molecule has 2 aromatic rings. The zero-order chi connectivity index (χ0) is 17.1. The molecule has 0 fully saturated rings. The Bertz CT molecular complexity index is 771. The highest BCUT2D eigenvalue weighted by molar-refractivity contribution is 5.99. The fourth-order valence-corrected chi connectivity index (χ4v) is 2.37. The Kier molecular flexibility index (Phi) is 4.37. The first-order valence-electron chi connectivity index (χ1n) is 7.54. The van der Waals surface area contributed by atoms with Gasteiger partial charge in [0.15, 0.2) is 11.5 Å². The molecule has 0 saturated heterocycles. The molecule has 0 aromatic heterocycles. The number of rotatable bonds is 4. The number of amides is 2. The number of nitrogens with one attached hydrogen (secondary N) is 1. The topological polar surface area (TPSA) is 67.9 Å². The molecule has 0 bridgehead atoms. The molecular weight excluding hydrogens is 308 g/mol. The quantitative estimate of drug-likeness (QED) is 0.937. The molecule has 24 heavy (non-hydrogen) atoms. The minimum Gasteiger partial charge on any atom is -0.454 e. The smallest absolute Gasteiger partial charge is 0.254 e. The molecule has 0 saturated carbocycles. The van der Waals surface area contributed by atoms with E-state index in [0.717, 1.165) is 5.56 Å². The Morgan fingerprint density at radius 2 is 1.79 bits per heavy atom. The van der Waals surface area contributed by atoms with Gasteiger partial charge in [-0.2, -0.15) is 0 Å². The number of carbonyl (C=O) groups excluding carboxylic acids is 2. The molecule has 0 atom stereocenters. The maximum atomic E-state index is 12.4. The fraction of sp³-hybridized carbons (Fsp3) is 0.222. The van der Waals surface area contributed by atoms with E-state index >= 15 is 0 Å². The van der Waals surface area contributed by atoms with Gasteiger partial charge in [0.2, 0.25) is 12.7 Å². The third kappa shape index (κ3) is 3.48. The average Bonchev–Trinajstić information content (AvgIpc) is 3.03. The van der Waals surface area contributed by atoms with Crippen molar-refractivity contribution in [2.75, 3.05) is 25.7 Å². The van der Waals surface area contributed by atoms with Crippen LogP contribution in [-0.4, -0.2) is 37.1 Å². The van der Waals surface area contributed by atoms with Crippen molar-refractivity contribution in [1.29, 1.82) is 0 Å². The highest BCUT2D eigenvalue weighted by atomic mass is 16.7.